The molecule has 0 spiro atoms. The second kappa shape index (κ2) is 7.58. The first-order valence-electron chi connectivity index (χ1n) is 8.24. The molecule has 2 amide bonds. The van der Waals surface area contributed by atoms with Gasteiger partial charge in [-0.25, -0.2) is 4.79 Å². The van der Waals surface area contributed by atoms with Crippen LogP contribution in [0.3, 0.4) is 0 Å². The molecule has 1 heterocycles. The van der Waals surface area contributed by atoms with Crippen LogP contribution in [0.2, 0.25) is 5.02 Å². The van der Waals surface area contributed by atoms with Crippen molar-refractivity contribution in [1.82, 2.24) is 4.90 Å². The SMILES string of the molecule is CN(Cc1cccc(Cl)c1)C(=O)Nc1ccccc1N1CCCC1. The Kier molecular flexibility index (Phi) is 5.26. The monoisotopic (exact) mass is 343 g/mol. The van der Waals surface area contributed by atoms with Gasteiger partial charge in [-0.1, -0.05) is 35.9 Å². The van der Waals surface area contributed by atoms with Crippen molar-refractivity contribution >= 4 is 29.0 Å². The normalized spacial score (nSPS) is 13.8. The van der Waals surface area contributed by atoms with Gasteiger partial charge in [0.15, 0.2) is 0 Å². The molecular formula is C19H22ClN3O. The number of carbonyl (C=O) groups excluding carboxylic acids is 1. The van der Waals surface area contributed by atoms with Crippen LogP contribution in [0.15, 0.2) is 48.5 Å². The van der Waals surface area contributed by atoms with Gasteiger partial charge < -0.3 is 15.1 Å². The number of carbonyl (C=O) groups is 1. The van der Waals surface area contributed by atoms with Crippen molar-refractivity contribution < 1.29 is 4.79 Å². The molecule has 0 aliphatic carbocycles. The Labute approximate surface area is 148 Å². The minimum Gasteiger partial charge on any atom is -0.370 e. The number of nitrogens with one attached hydrogen (secondary N) is 1. The molecule has 4 nitrogen and oxygen atoms in total. The predicted octanol–water partition coefficient (Wildman–Crippen LogP) is 4.60. The van der Waals surface area contributed by atoms with Crippen molar-refractivity contribution in [2.45, 2.75) is 19.4 Å². The second-order valence-electron chi connectivity index (χ2n) is 6.13. The van der Waals surface area contributed by atoms with E-state index in [9.17, 15) is 4.79 Å². The lowest BCUT2D eigenvalue weighted by Gasteiger charge is -2.23. The average molecular weight is 344 g/mol. The van der Waals surface area contributed by atoms with Crippen LogP contribution < -0.4 is 10.2 Å². The minimum absolute atomic E-state index is 0.123. The lowest BCUT2D eigenvalue weighted by atomic mass is 10.2. The first-order valence-corrected chi connectivity index (χ1v) is 8.62. The van der Waals surface area contributed by atoms with Gasteiger partial charge in [-0.15, -0.1) is 0 Å². The molecule has 5 heteroatoms. The molecule has 1 N–H and O–H groups in total. The van der Waals surface area contributed by atoms with Gasteiger partial charge >= 0.3 is 6.03 Å². The molecule has 1 aliphatic heterocycles. The summed E-state index contributed by atoms with van der Waals surface area (Å²) in [7, 11) is 1.79. The van der Waals surface area contributed by atoms with Gasteiger partial charge in [-0.05, 0) is 42.7 Å². The Morgan fingerprint density at radius 1 is 1.17 bits per heavy atom. The third kappa shape index (κ3) is 4.01. The van der Waals surface area contributed by atoms with E-state index in [0.717, 1.165) is 30.0 Å². The van der Waals surface area contributed by atoms with Gasteiger partial charge in [0, 0.05) is 31.7 Å². The summed E-state index contributed by atoms with van der Waals surface area (Å²) in [5.74, 6) is 0. The zero-order valence-electron chi connectivity index (χ0n) is 13.8. The maximum atomic E-state index is 12.5. The highest BCUT2D eigenvalue weighted by Crippen LogP contribution is 2.28. The zero-order valence-corrected chi connectivity index (χ0v) is 14.6. The van der Waals surface area contributed by atoms with Gasteiger partial charge in [-0.2, -0.15) is 0 Å². The Hall–Kier alpha value is -2.20. The first kappa shape index (κ1) is 16.7. The highest BCUT2D eigenvalue weighted by atomic mass is 35.5. The van der Waals surface area contributed by atoms with Crippen molar-refractivity contribution in [3.05, 3.63) is 59.1 Å². The second-order valence-corrected chi connectivity index (χ2v) is 6.56. The van der Waals surface area contributed by atoms with Crippen LogP contribution in [0.25, 0.3) is 0 Å². The topological polar surface area (TPSA) is 35.6 Å². The molecule has 1 aliphatic rings. The van der Waals surface area contributed by atoms with Crippen molar-refractivity contribution in [2.24, 2.45) is 0 Å². The largest absolute Gasteiger partial charge is 0.370 e. The molecule has 2 aromatic carbocycles. The number of halogens is 1. The van der Waals surface area contributed by atoms with Gasteiger partial charge in [0.1, 0.15) is 0 Å². The molecule has 0 unspecified atom stereocenters. The molecular weight excluding hydrogens is 322 g/mol. The smallest absolute Gasteiger partial charge is 0.321 e. The predicted molar refractivity (Wildman–Crippen MR) is 99.8 cm³/mol. The number of anilines is 2. The molecule has 0 atom stereocenters. The van der Waals surface area contributed by atoms with Gasteiger partial charge in [-0.3, -0.25) is 0 Å². The van der Waals surface area contributed by atoms with Crippen LogP contribution in [0.5, 0.6) is 0 Å². The summed E-state index contributed by atoms with van der Waals surface area (Å²) in [5.41, 5.74) is 2.97. The summed E-state index contributed by atoms with van der Waals surface area (Å²) >= 11 is 6.01. The van der Waals surface area contributed by atoms with Crippen LogP contribution in [-0.2, 0) is 6.54 Å². The van der Waals surface area contributed by atoms with Crippen molar-refractivity contribution in [3.8, 4) is 0 Å². The molecule has 3 rings (SSSR count). The Morgan fingerprint density at radius 3 is 2.67 bits per heavy atom. The van der Waals surface area contributed by atoms with Gasteiger partial charge in [0.25, 0.3) is 0 Å². The molecule has 0 radical (unpaired) electrons. The molecule has 126 valence electrons. The fraction of sp³-hybridized carbons (Fsp3) is 0.316. The summed E-state index contributed by atoms with van der Waals surface area (Å²) in [6, 6.07) is 15.4. The molecule has 1 saturated heterocycles. The van der Waals surface area contributed by atoms with Crippen LogP contribution >= 0.6 is 11.6 Å². The molecule has 0 aromatic heterocycles. The third-order valence-electron chi connectivity index (χ3n) is 4.25. The molecule has 2 aromatic rings. The number of hydrogen-bond acceptors (Lipinski definition) is 2. The third-order valence-corrected chi connectivity index (χ3v) is 4.48. The van der Waals surface area contributed by atoms with Crippen LogP contribution in [-0.4, -0.2) is 31.1 Å². The van der Waals surface area contributed by atoms with Crippen molar-refractivity contribution in [1.29, 1.82) is 0 Å². The summed E-state index contributed by atoms with van der Waals surface area (Å²) in [6.07, 6.45) is 2.41. The highest BCUT2D eigenvalue weighted by Gasteiger charge is 2.17. The minimum atomic E-state index is -0.123. The van der Waals surface area contributed by atoms with E-state index in [1.54, 1.807) is 11.9 Å². The van der Waals surface area contributed by atoms with Gasteiger partial charge in [0.05, 0.1) is 11.4 Å². The number of para-hydroxylation sites is 2. The molecule has 24 heavy (non-hydrogen) atoms. The lowest BCUT2D eigenvalue weighted by molar-refractivity contribution is 0.220. The average Bonchev–Trinajstić information content (AvgIpc) is 3.09. The fourth-order valence-corrected chi connectivity index (χ4v) is 3.22. The van der Waals surface area contributed by atoms with E-state index >= 15 is 0 Å². The summed E-state index contributed by atoms with van der Waals surface area (Å²) in [4.78, 5) is 16.5. The Morgan fingerprint density at radius 2 is 1.92 bits per heavy atom. The van der Waals surface area contributed by atoms with E-state index in [1.807, 2.05) is 42.5 Å². The Bertz CT molecular complexity index is 713. The van der Waals surface area contributed by atoms with Crippen LogP contribution in [0, 0.1) is 0 Å². The highest BCUT2D eigenvalue weighted by molar-refractivity contribution is 6.30. The quantitative estimate of drug-likeness (QED) is 0.880. The number of urea groups is 1. The standard InChI is InChI=1S/C19H22ClN3O/c1-22(14-15-7-6-8-16(20)13-15)19(24)21-17-9-2-3-10-18(17)23-11-4-5-12-23/h2-3,6-10,13H,4-5,11-12,14H2,1H3,(H,21,24). The van der Waals surface area contributed by atoms with E-state index in [-0.39, 0.29) is 6.03 Å². The molecule has 1 fully saturated rings. The zero-order chi connectivity index (χ0) is 16.9. The fourth-order valence-electron chi connectivity index (χ4n) is 3.00. The number of benzene rings is 2. The van der Waals surface area contributed by atoms with E-state index in [4.69, 9.17) is 11.6 Å². The van der Waals surface area contributed by atoms with Gasteiger partial charge in [0.2, 0.25) is 0 Å². The molecule has 0 saturated carbocycles. The number of nitrogens with zero attached hydrogens (tertiary/aromatic N) is 2. The molecule has 0 bridgehead atoms. The summed E-state index contributed by atoms with van der Waals surface area (Å²) in [6.45, 7) is 2.61. The van der Waals surface area contributed by atoms with E-state index in [0.29, 0.717) is 11.6 Å². The van der Waals surface area contributed by atoms with E-state index in [1.165, 1.54) is 12.8 Å². The lowest BCUT2D eigenvalue weighted by Crippen LogP contribution is -2.31. The van der Waals surface area contributed by atoms with Crippen LogP contribution in [0.1, 0.15) is 18.4 Å². The number of hydrogen-bond donors (Lipinski definition) is 1. The van der Waals surface area contributed by atoms with E-state index < -0.39 is 0 Å². The van der Waals surface area contributed by atoms with E-state index in [2.05, 4.69) is 16.3 Å². The van der Waals surface area contributed by atoms with Crippen molar-refractivity contribution in [3.63, 3.8) is 0 Å². The maximum Gasteiger partial charge on any atom is 0.321 e. The van der Waals surface area contributed by atoms with Crippen molar-refractivity contribution in [2.75, 3.05) is 30.4 Å². The van der Waals surface area contributed by atoms with Crippen LogP contribution in [0.4, 0.5) is 16.2 Å². The number of amides is 2. The Balaban J connectivity index is 1.68. The first-order chi connectivity index (χ1) is 11.6. The maximum absolute atomic E-state index is 12.5. The summed E-state index contributed by atoms with van der Waals surface area (Å²) in [5, 5.41) is 3.72. The summed E-state index contributed by atoms with van der Waals surface area (Å²) < 4.78 is 0. The number of rotatable bonds is 4.